The molecule has 1 rings (SSSR count). The van der Waals surface area contributed by atoms with Gasteiger partial charge in [0.1, 0.15) is 5.60 Å². The zero-order valence-electron chi connectivity index (χ0n) is 12.2. The number of carbonyl (C=O) groups is 1. The van der Waals surface area contributed by atoms with Crippen molar-refractivity contribution in [1.82, 2.24) is 0 Å². The normalized spacial score (nSPS) is 26.1. The average Bonchev–Trinajstić information content (AvgIpc) is 3.01. The number of hydrogen-bond acceptors (Lipinski definition) is 3. The fraction of sp³-hybridized carbons (Fsp3) is 0.933. The molecule has 0 radical (unpaired) electrons. The lowest BCUT2D eigenvalue weighted by Gasteiger charge is -2.06. The second-order valence-electron chi connectivity index (χ2n) is 5.43. The van der Waals surface area contributed by atoms with E-state index >= 15 is 0 Å². The van der Waals surface area contributed by atoms with Crippen LogP contribution in [0.1, 0.15) is 72.1 Å². The van der Waals surface area contributed by atoms with Crippen molar-refractivity contribution < 1.29 is 14.3 Å². The highest BCUT2D eigenvalue weighted by Gasteiger charge is 2.57. The molecule has 0 amide bonds. The molecule has 3 heteroatoms. The Morgan fingerprint density at radius 1 is 1.11 bits per heavy atom. The van der Waals surface area contributed by atoms with Crippen LogP contribution in [0.5, 0.6) is 0 Å². The molecule has 0 unspecified atom stereocenters. The Bertz CT molecular complexity index is 252. The number of unbranched alkanes of at least 4 members (excludes halogenated alkanes) is 6. The lowest BCUT2D eigenvalue weighted by Crippen LogP contribution is -2.20. The van der Waals surface area contributed by atoms with Crippen molar-refractivity contribution in [1.29, 1.82) is 0 Å². The van der Waals surface area contributed by atoms with E-state index in [0.717, 1.165) is 12.8 Å². The van der Waals surface area contributed by atoms with E-state index in [1.165, 1.54) is 38.5 Å². The molecule has 0 bridgehead atoms. The predicted octanol–water partition coefficient (Wildman–Crippen LogP) is 3.85. The van der Waals surface area contributed by atoms with Crippen LogP contribution in [0.25, 0.3) is 0 Å². The average molecular weight is 256 g/mol. The van der Waals surface area contributed by atoms with Gasteiger partial charge in [0.2, 0.25) is 0 Å². The SMILES string of the molecule is CCCCCCCCC[C@]1(C)O[C@@H]1C(=O)OCC. The monoisotopic (exact) mass is 256 g/mol. The molecule has 1 aliphatic rings. The minimum absolute atomic E-state index is 0.192. The summed E-state index contributed by atoms with van der Waals surface area (Å²) in [5, 5.41) is 0. The second-order valence-corrected chi connectivity index (χ2v) is 5.43. The fourth-order valence-corrected chi connectivity index (χ4v) is 2.37. The van der Waals surface area contributed by atoms with Crippen molar-refractivity contribution in [3.8, 4) is 0 Å². The molecule has 1 heterocycles. The molecule has 1 saturated heterocycles. The number of epoxide rings is 1. The Balaban J connectivity index is 2.01. The van der Waals surface area contributed by atoms with E-state index < -0.39 is 0 Å². The Morgan fingerprint density at radius 3 is 2.33 bits per heavy atom. The molecular formula is C15H28O3. The zero-order chi connectivity index (χ0) is 13.4. The number of esters is 1. The summed E-state index contributed by atoms with van der Waals surface area (Å²) in [5.41, 5.74) is -0.240. The van der Waals surface area contributed by atoms with Crippen LogP contribution in [0, 0.1) is 0 Å². The van der Waals surface area contributed by atoms with Crippen LogP contribution in [0.15, 0.2) is 0 Å². The molecular weight excluding hydrogens is 228 g/mol. The minimum Gasteiger partial charge on any atom is -0.464 e. The largest absolute Gasteiger partial charge is 0.464 e. The smallest absolute Gasteiger partial charge is 0.338 e. The summed E-state index contributed by atoms with van der Waals surface area (Å²) < 4.78 is 10.5. The van der Waals surface area contributed by atoms with Crippen molar-refractivity contribution in [3.63, 3.8) is 0 Å². The summed E-state index contributed by atoms with van der Waals surface area (Å²) in [6.07, 6.45) is 9.72. The van der Waals surface area contributed by atoms with E-state index in [-0.39, 0.29) is 17.7 Å². The first kappa shape index (κ1) is 15.5. The lowest BCUT2D eigenvalue weighted by molar-refractivity contribution is -0.144. The molecule has 3 nitrogen and oxygen atoms in total. The van der Waals surface area contributed by atoms with Gasteiger partial charge in [-0.2, -0.15) is 0 Å². The lowest BCUT2D eigenvalue weighted by atomic mass is 9.98. The topological polar surface area (TPSA) is 38.8 Å². The van der Waals surface area contributed by atoms with E-state index in [9.17, 15) is 4.79 Å². The van der Waals surface area contributed by atoms with Gasteiger partial charge < -0.3 is 9.47 Å². The van der Waals surface area contributed by atoms with Gasteiger partial charge in [-0.05, 0) is 20.3 Å². The van der Waals surface area contributed by atoms with Gasteiger partial charge in [0, 0.05) is 0 Å². The highest BCUT2D eigenvalue weighted by Crippen LogP contribution is 2.41. The van der Waals surface area contributed by atoms with Gasteiger partial charge in [-0.15, -0.1) is 0 Å². The maximum atomic E-state index is 11.5. The summed E-state index contributed by atoms with van der Waals surface area (Å²) in [7, 11) is 0. The molecule has 0 N–H and O–H groups in total. The molecule has 0 aromatic heterocycles. The predicted molar refractivity (Wildman–Crippen MR) is 72.5 cm³/mol. The Kier molecular flexibility index (Phi) is 6.69. The van der Waals surface area contributed by atoms with E-state index in [1.807, 2.05) is 13.8 Å². The van der Waals surface area contributed by atoms with Crippen LogP contribution in [0.4, 0.5) is 0 Å². The third kappa shape index (κ3) is 4.97. The van der Waals surface area contributed by atoms with Crippen LogP contribution in [0.2, 0.25) is 0 Å². The summed E-state index contributed by atoms with van der Waals surface area (Å²) in [6, 6.07) is 0. The molecule has 2 atom stereocenters. The van der Waals surface area contributed by atoms with Gasteiger partial charge in [0.05, 0.1) is 6.61 Å². The minimum atomic E-state index is -0.308. The van der Waals surface area contributed by atoms with Gasteiger partial charge in [-0.25, -0.2) is 4.79 Å². The van der Waals surface area contributed by atoms with E-state index in [2.05, 4.69) is 6.92 Å². The van der Waals surface area contributed by atoms with Crippen molar-refractivity contribution in [3.05, 3.63) is 0 Å². The first-order valence-corrected chi connectivity index (χ1v) is 7.48. The third-order valence-electron chi connectivity index (χ3n) is 3.66. The Hall–Kier alpha value is -0.570. The van der Waals surface area contributed by atoms with Gasteiger partial charge in [0.25, 0.3) is 0 Å². The molecule has 0 aromatic carbocycles. The molecule has 0 saturated carbocycles. The van der Waals surface area contributed by atoms with Gasteiger partial charge >= 0.3 is 5.97 Å². The molecule has 0 aromatic rings. The second kappa shape index (κ2) is 7.78. The molecule has 0 aliphatic carbocycles. The summed E-state index contributed by atoms with van der Waals surface area (Å²) in [5.74, 6) is -0.192. The molecule has 106 valence electrons. The van der Waals surface area contributed by atoms with Gasteiger partial charge in [-0.1, -0.05) is 51.9 Å². The third-order valence-corrected chi connectivity index (χ3v) is 3.66. The molecule has 18 heavy (non-hydrogen) atoms. The maximum Gasteiger partial charge on any atom is 0.338 e. The van der Waals surface area contributed by atoms with Gasteiger partial charge in [0.15, 0.2) is 6.10 Å². The standard InChI is InChI=1S/C15H28O3/c1-4-6-7-8-9-10-11-12-15(3)13(18-15)14(16)17-5-2/h13H,4-12H2,1-3H3/t13-,15+/m1/s1. The Morgan fingerprint density at radius 2 is 1.72 bits per heavy atom. The van der Waals surface area contributed by atoms with E-state index in [1.54, 1.807) is 0 Å². The number of carbonyl (C=O) groups excluding carboxylic acids is 1. The van der Waals surface area contributed by atoms with Crippen LogP contribution in [0.3, 0.4) is 0 Å². The highest BCUT2D eigenvalue weighted by atomic mass is 16.7. The quantitative estimate of drug-likeness (QED) is 0.338. The zero-order valence-corrected chi connectivity index (χ0v) is 12.2. The van der Waals surface area contributed by atoms with Crippen LogP contribution in [-0.2, 0) is 14.3 Å². The molecule has 1 aliphatic heterocycles. The van der Waals surface area contributed by atoms with Gasteiger partial charge in [-0.3, -0.25) is 0 Å². The van der Waals surface area contributed by atoms with E-state index in [4.69, 9.17) is 9.47 Å². The van der Waals surface area contributed by atoms with Crippen LogP contribution in [-0.4, -0.2) is 24.3 Å². The molecule has 1 fully saturated rings. The van der Waals surface area contributed by atoms with Crippen LogP contribution < -0.4 is 0 Å². The maximum absolute atomic E-state index is 11.5. The highest BCUT2D eigenvalue weighted by molar-refractivity contribution is 5.79. The van der Waals surface area contributed by atoms with Crippen molar-refractivity contribution in [2.75, 3.05) is 6.61 Å². The number of hydrogen-bond donors (Lipinski definition) is 0. The summed E-state index contributed by atoms with van der Waals surface area (Å²) >= 11 is 0. The fourth-order valence-electron chi connectivity index (χ4n) is 2.37. The van der Waals surface area contributed by atoms with Crippen molar-refractivity contribution in [2.24, 2.45) is 0 Å². The van der Waals surface area contributed by atoms with E-state index in [0.29, 0.717) is 6.61 Å². The van der Waals surface area contributed by atoms with Crippen molar-refractivity contribution in [2.45, 2.75) is 83.8 Å². The number of ether oxygens (including phenoxy) is 2. The van der Waals surface area contributed by atoms with Crippen molar-refractivity contribution >= 4 is 5.97 Å². The summed E-state index contributed by atoms with van der Waals surface area (Å²) in [4.78, 5) is 11.5. The first-order valence-electron chi connectivity index (χ1n) is 7.48. The Labute approximate surface area is 111 Å². The first-order chi connectivity index (χ1) is 8.64. The number of rotatable bonds is 10. The summed E-state index contributed by atoms with van der Waals surface area (Å²) in [6.45, 7) is 6.52. The van der Waals surface area contributed by atoms with Crippen LogP contribution >= 0.6 is 0 Å². The molecule has 0 spiro atoms.